The molecular formula is C23H27NO3. The van der Waals surface area contributed by atoms with Gasteiger partial charge in [-0.05, 0) is 42.9 Å². The van der Waals surface area contributed by atoms with Crippen molar-refractivity contribution in [1.29, 1.82) is 0 Å². The molecule has 1 heterocycles. The molecule has 0 saturated carbocycles. The van der Waals surface area contributed by atoms with E-state index < -0.39 is 0 Å². The number of nitrogens with zero attached hydrogens (tertiary/aromatic N) is 1. The van der Waals surface area contributed by atoms with Crippen molar-refractivity contribution in [3.05, 3.63) is 65.7 Å². The number of likely N-dealkylation sites (tertiary alicyclic amines) is 1. The fraction of sp³-hybridized carbons (Fsp3) is 0.391. The molecule has 1 saturated heterocycles. The minimum Gasteiger partial charge on any atom is -0.497 e. The second-order valence-corrected chi connectivity index (χ2v) is 7.17. The molecule has 0 aromatic heterocycles. The van der Waals surface area contributed by atoms with Crippen molar-refractivity contribution in [2.45, 2.75) is 32.1 Å². The van der Waals surface area contributed by atoms with Crippen LogP contribution in [0.4, 0.5) is 0 Å². The lowest BCUT2D eigenvalue weighted by molar-refractivity contribution is -0.132. The number of ketones is 1. The molecule has 0 bridgehead atoms. The quantitative estimate of drug-likeness (QED) is 0.693. The number of piperidine rings is 1. The van der Waals surface area contributed by atoms with E-state index in [4.69, 9.17) is 4.74 Å². The number of benzene rings is 2. The normalized spacial score (nSPS) is 14.8. The van der Waals surface area contributed by atoms with Crippen LogP contribution in [0, 0.1) is 5.92 Å². The molecule has 2 aromatic rings. The van der Waals surface area contributed by atoms with Gasteiger partial charge in [0.1, 0.15) is 5.75 Å². The lowest BCUT2D eigenvalue weighted by Crippen LogP contribution is -2.39. The predicted molar refractivity (Wildman–Crippen MR) is 106 cm³/mol. The maximum atomic E-state index is 12.5. The molecule has 3 rings (SSSR count). The summed E-state index contributed by atoms with van der Waals surface area (Å²) in [7, 11) is 1.58. The zero-order valence-electron chi connectivity index (χ0n) is 15.9. The molecule has 4 nitrogen and oxygen atoms in total. The number of methoxy groups -OCH3 is 1. The highest BCUT2D eigenvalue weighted by molar-refractivity contribution is 5.98. The van der Waals surface area contributed by atoms with Crippen LogP contribution in [0.3, 0.4) is 0 Å². The van der Waals surface area contributed by atoms with E-state index in [1.54, 1.807) is 25.3 Å². The molecule has 1 aliphatic rings. The first-order valence-corrected chi connectivity index (χ1v) is 9.64. The van der Waals surface area contributed by atoms with Crippen LogP contribution >= 0.6 is 0 Å². The van der Waals surface area contributed by atoms with E-state index in [0.717, 1.165) is 32.4 Å². The molecule has 1 aliphatic heterocycles. The summed E-state index contributed by atoms with van der Waals surface area (Å²) in [5.41, 5.74) is 1.97. The highest BCUT2D eigenvalue weighted by atomic mass is 16.5. The van der Waals surface area contributed by atoms with E-state index in [-0.39, 0.29) is 24.5 Å². The van der Waals surface area contributed by atoms with Gasteiger partial charge in [-0.15, -0.1) is 0 Å². The maximum absolute atomic E-state index is 12.5. The van der Waals surface area contributed by atoms with E-state index >= 15 is 0 Å². The first-order chi connectivity index (χ1) is 13.2. The van der Waals surface area contributed by atoms with Crippen molar-refractivity contribution in [3.63, 3.8) is 0 Å². The van der Waals surface area contributed by atoms with Crippen molar-refractivity contribution >= 4 is 11.7 Å². The molecule has 0 radical (unpaired) electrons. The zero-order valence-corrected chi connectivity index (χ0v) is 15.9. The Bertz CT molecular complexity index is 764. The summed E-state index contributed by atoms with van der Waals surface area (Å²) in [5, 5.41) is 0. The van der Waals surface area contributed by atoms with Crippen LogP contribution in [0.5, 0.6) is 5.75 Å². The van der Waals surface area contributed by atoms with Gasteiger partial charge in [0.15, 0.2) is 5.78 Å². The molecule has 27 heavy (non-hydrogen) atoms. The van der Waals surface area contributed by atoms with E-state index in [1.165, 1.54) is 5.56 Å². The number of Topliss-reactive ketones (excluding diaryl/α,β-unsaturated/α-hetero) is 1. The molecule has 0 unspecified atom stereocenters. The van der Waals surface area contributed by atoms with Crippen LogP contribution in [0.15, 0.2) is 54.6 Å². The second-order valence-electron chi connectivity index (χ2n) is 7.17. The van der Waals surface area contributed by atoms with E-state index in [2.05, 4.69) is 24.3 Å². The molecule has 0 aliphatic carbocycles. The van der Waals surface area contributed by atoms with Crippen molar-refractivity contribution in [2.24, 2.45) is 5.92 Å². The van der Waals surface area contributed by atoms with Crippen LogP contribution in [0.1, 0.15) is 41.6 Å². The van der Waals surface area contributed by atoms with Gasteiger partial charge in [0.2, 0.25) is 5.91 Å². The molecule has 2 aromatic carbocycles. The second kappa shape index (κ2) is 9.36. The summed E-state index contributed by atoms with van der Waals surface area (Å²) in [6.07, 6.45) is 3.67. The SMILES string of the molecule is COc1cccc(C(=O)CCC(=O)N2CCC(Cc3ccccc3)CC2)c1. The van der Waals surface area contributed by atoms with Crippen LogP contribution in [0.25, 0.3) is 0 Å². The minimum atomic E-state index is -0.0128. The standard InChI is InChI=1S/C23H27NO3/c1-27-21-9-5-8-20(17-21)22(25)10-11-23(26)24-14-12-19(13-15-24)16-18-6-3-2-4-7-18/h2-9,17,19H,10-16H2,1H3. The third kappa shape index (κ3) is 5.43. The van der Waals surface area contributed by atoms with Crippen LogP contribution in [-0.4, -0.2) is 36.8 Å². The number of amides is 1. The molecular weight excluding hydrogens is 338 g/mol. The first kappa shape index (κ1) is 19.2. The Hall–Kier alpha value is -2.62. The third-order valence-electron chi connectivity index (χ3n) is 5.29. The van der Waals surface area contributed by atoms with Gasteiger partial charge in [0.05, 0.1) is 7.11 Å². The van der Waals surface area contributed by atoms with Gasteiger partial charge >= 0.3 is 0 Å². The van der Waals surface area contributed by atoms with E-state index in [0.29, 0.717) is 17.2 Å². The Balaban J connectivity index is 1.43. The highest BCUT2D eigenvalue weighted by Crippen LogP contribution is 2.22. The Labute approximate surface area is 161 Å². The molecule has 142 valence electrons. The van der Waals surface area contributed by atoms with Crippen LogP contribution in [0.2, 0.25) is 0 Å². The van der Waals surface area contributed by atoms with Gasteiger partial charge in [0, 0.05) is 31.5 Å². The fourth-order valence-electron chi connectivity index (χ4n) is 3.65. The molecule has 0 spiro atoms. The smallest absolute Gasteiger partial charge is 0.223 e. The van der Waals surface area contributed by atoms with Crippen LogP contribution < -0.4 is 4.74 Å². The van der Waals surface area contributed by atoms with Gasteiger partial charge < -0.3 is 9.64 Å². The topological polar surface area (TPSA) is 46.6 Å². The summed E-state index contributed by atoms with van der Waals surface area (Å²) in [5.74, 6) is 1.37. The average Bonchev–Trinajstić information content (AvgIpc) is 2.73. The van der Waals surface area contributed by atoms with Crippen molar-refractivity contribution in [3.8, 4) is 5.75 Å². The maximum Gasteiger partial charge on any atom is 0.223 e. The van der Waals surface area contributed by atoms with Gasteiger partial charge in [-0.25, -0.2) is 0 Å². The van der Waals surface area contributed by atoms with Gasteiger partial charge in [-0.2, -0.15) is 0 Å². The number of carbonyl (C=O) groups excluding carboxylic acids is 2. The van der Waals surface area contributed by atoms with Crippen molar-refractivity contribution in [2.75, 3.05) is 20.2 Å². The number of hydrogen-bond acceptors (Lipinski definition) is 3. The zero-order chi connectivity index (χ0) is 19.1. The number of ether oxygens (including phenoxy) is 1. The van der Waals surface area contributed by atoms with Gasteiger partial charge in [-0.3, -0.25) is 9.59 Å². The summed E-state index contributed by atoms with van der Waals surface area (Å²) in [6, 6.07) is 17.6. The van der Waals surface area contributed by atoms with Gasteiger partial charge in [0.25, 0.3) is 0 Å². The molecule has 0 N–H and O–H groups in total. The Morgan fingerprint density at radius 1 is 1.00 bits per heavy atom. The Morgan fingerprint density at radius 2 is 1.74 bits per heavy atom. The largest absolute Gasteiger partial charge is 0.497 e. The third-order valence-corrected chi connectivity index (χ3v) is 5.29. The number of hydrogen-bond donors (Lipinski definition) is 0. The molecule has 1 amide bonds. The van der Waals surface area contributed by atoms with Crippen LogP contribution in [-0.2, 0) is 11.2 Å². The number of carbonyl (C=O) groups is 2. The predicted octanol–water partition coefficient (Wildman–Crippen LogP) is 4.14. The Kier molecular flexibility index (Phi) is 6.64. The monoisotopic (exact) mass is 365 g/mol. The van der Waals surface area contributed by atoms with E-state index in [1.807, 2.05) is 17.0 Å². The Morgan fingerprint density at radius 3 is 2.44 bits per heavy atom. The summed E-state index contributed by atoms with van der Waals surface area (Å²) in [6.45, 7) is 1.59. The lowest BCUT2D eigenvalue weighted by Gasteiger charge is -2.32. The first-order valence-electron chi connectivity index (χ1n) is 9.64. The summed E-state index contributed by atoms with van der Waals surface area (Å²) in [4.78, 5) is 26.7. The average molecular weight is 365 g/mol. The van der Waals surface area contributed by atoms with Crippen molar-refractivity contribution < 1.29 is 14.3 Å². The molecule has 0 atom stereocenters. The lowest BCUT2D eigenvalue weighted by atomic mass is 9.90. The van der Waals surface area contributed by atoms with E-state index in [9.17, 15) is 9.59 Å². The summed E-state index contributed by atoms with van der Waals surface area (Å²) < 4.78 is 5.15. The fourth-order valence-corrected chi connectivity index (χ4v) is 3.65. The summed E-state index contributed by atoms with van der Waals surface area (Å²) >= 11 is 0. The highest BCUT2D eigenvalue weighted by Gasteiger charge is 2.23. The molecule has 1 fully saturated rings. The number of rotatable bonds is 7. The minimum absolute atomic E-state index is 0.0128. The van der Waals surface area contributed by atoms with Gasteiger partial charge in [-0.1, -0.05) is 42.5 Å². The van der Waals surface area contributed by atoms with Crippen molar-refractivity contribution in [1.82, 2.24) is 4.90 Å². The molecule has 4 heteroatoms.